The Bertz CT molecular complexity index is 1230. The van der Waals surface area contributed by atoms with Crippen molar-refractivity contribution in [2.24, 2.45) is 0 Å². The van der Waals surface area contributed by atoms with E-state index < -0.39 is 0 Å². The van der Waals surface area contributed by atoms with Crippen LogP contribution in [0.5, 0.6) is 0 Å². The predicted molar refractivity (Wildman–Crippen MR) is 115 cm³/mol. The number of hydrogen-bond donors (Lipinski definition) is 3. The van der Waals surface area contributed by atoms with Crippen LogP contribution in [0.4, 0.5) is 11.4 Å². The molecule has 7 heteroatoms. The molecule has 0 aliphatic carbocycles. The highest BCUT2D eigenvalue weighted by Crippen LogP contribution is 2.27. The lowest BCUT2D eigenvalue weighted by Gasteiger charge is -2.06. The number of carbonyl (C=O) groups is 2. The van der Waals surface area contributed by atoms with E-state index in [0.717, 1.165) is 16.6 Å². The normalized spacial score (nSPS) is 10.7. The van der Waals surface area contributed by atoms with Crippen LogP contribution < -0.4 is 10.6 Å². The summed E-state index contributed by atoms with van der Waals surface area (Å²) in [6, 6.07) is 18.2. The highest BCUT2D eigenvalue weighted by Gasteiger charge is 2.11. The van der Waals surface area contributed by atoms with Gasteiger partial charge in [-0.25, -0.2) is 4.98 Å². The van der Waals surface area contributed by atoms with E-state index in [2.05, 4.69) is 20.6 Å². The molecule has 2 aromatic heterocycles. The number of aromatic amines is 1. The van der Waals surface area contributed by atoms with Gasteiger partial charge >= 0.3 is 0 Å². The molecule has 0 saturated heterocycles. The molecule has 0 atom stereocenters. The molecule has 0 aliphatic heterocycles. The lowest BCUT2D eigenvalue weighted by molar-refractivity contribution is -0.114. The van der Waals surface area contributed by atoms with Gasteiger partial charge in [0.05, 0.1) is 22.5 Å². The van der Waals surface area contributed by atoms with Gasteiger partial charge in [-0.2, -0.15) is 0 Å². The number of fused-ring (bicyclic) bond motifs is 1. The second-order valence-electron chi connectivity index (χ2n) is 6.54. The van der Waals surface area contributed by atoms with E-state index in [1.807, 2.05) is 36.4 Å². The highest BCUT2D eigenvalue weighted by molar-refractivity contribution is 6.34. The standard InChI is InChI=1S/C22H17ClN4O2/c1-13(28)25-16-6-4-5-14(9-16)20-11-15-10-17(12-24-21(15)27-20)26-22(29)18-7-2-3-8-19(18)23/h2-12H,1H3,(H,24,27)(H,25,28)(H,26,29). The maximum absolute atomic E-state index is 12.5. The first-order chi connectivity index (χ1) is 14.0. The van der Waals surface area contributed by atoms with Crippen LogP contribution in [0.15, 0.2) is 66.9 Å². The van der Waals surface area contributed by atoms with Crippen molar-refractivity contribution in [2.75, 3.05) is 10.6 Å². The molecule has 3 N–H and O–H groups in total. The Morgan fingerprint density at radius 3 is 2.59 bits per heavy atom. The number of rotatable bonds is 4. The largest absolute Gasteiger partial charge is 0.339 e. The molecule has 0 fully saturated rings. The Labute approximate surface area is 171 Å². The van der Waals surface area contributed by atoms with Crippen molar-refractivity contribution < 1.29 is 9.59 Å². The van der Waals surface area contributed by atoms with E-state index in [1.54, 1.807) is 30.5 Å². The summed E-state index contributed by atoms with van der Waals surface area (Å²) in [6.45, 7) is 1.47. The fourth-order valence-corrected chi connectivity index (χ4v) is 3.27. The SMILES string of the molecule is CC(=O)Nc1cccc(-c2cc3cc(NC(=O)c4ccccc4Cl)cnc3[nH]2)c1. The zero-order valence-electron chi connectivity index (χ0n) is 15.5. The average Bonchev–Trinajstić information content (AvgIpc) is 3.11. The Balaban J connectivity index is 1.61. The van der Waals surface area contributed by atoms with Crippen LogP contribution in [0, 0.1) is 0 Å². The molecule has 4 aromatic rings. The number of anilines is 2. The summed E-state index contributed by atoms with van der Waals surface area (Å²) in [5.74, 6) is -0.421. The third-order valence-corrected chi connectivity index (χ3v) is 4.67. The third-order valence-electron chi connectivity index (χ3n) is 4.34. The van der Waals surface area contributed by atoms with Gasteiger partial charge in [0, 0.05) is 29.3 Å². The van der Waals surface area contributed by atoms with Crippen molar-refractivity contribution in [3.8, 4) is 11.3 Å². The van der Waals surface area contributed by atoms with Crippen molar-refractivity contribution in [1.82, 2.24) is 9.97 Å². The van der Waals surface area contributed by atoms with Gasteiger partial charge in [0.2, 0.25) is 5.91 Å². The molecule has 6 nitrogen and oxygen atoms in total. The van der Waals surface area contributed by atoms with Crippen LogP contribution in [0.1, 0.15) is 17.3 Å². The summed E-state index contributed by atoms with van der Waals surface area (Å²) in [6.07, 6.45) is 1.59. The minimum Gasteiger partial charge on any atom is -0.339 e. The smallest absolute Gasteiger partial charge is 0.257 e. The molecule has 2 aromatic carbocycles. The fraction of sp³-hybridized carbons (Fsp3) is 0.0455. The van der Waals surface area contributed by atoms with E-state index in [9.17, 15) is 9.59 Å². The second-order valence-corrected chi connectivity index (χ2v) is 6.95. The second kappa shape index (κ2) is 7.77. The van der Waals surface area contributed by atoms with Crippen LogP contribution in [-0.4, -0.2) is 21.8 Å². The third kappa shape index (κ3) is 4.12. The van der Waals surface area contributed by atoms with Gasteiger partial charge in [-0.3, -0.25) is 9.59 Å². The predicted octanol–water partition coefficient (Wildman–Crippen LogP) is 5.09. The summed E-state index contributed by atoms with van der Waals surface area (Å²) in [7, 11) is 0. The van der Waals surface area contributed by atoms with Crippen molar-refractivity contribution in [3.63, 3.8) is 0 Å². The molecule has 2 amide bonds. The summed E-state index contributed by atoms with van der Waals surface area (Å²) < 4.78 is 0. The fourth-order valence-electron chi connectivity index (χ4n) is 3.05. The quantitative estimate of drug-likeness (QED) is 0.442. The molecule has 0 bridgehead atoms. The minimum absolute atomic E-state index is 0.126. The van der Waals surface area contributed by atoms with Crippen LogP contribution in [0.3, 0.4) is 0 Å². The summed E-state index contributed by atoms with van der Waals surface area (Å²) in [4.78, 5) is 31.4. The number of nitrogens with zero attached hydrogens (tertiary/aromatic N) is 1. The molecule has 144 valence electrons. The van der Waals surface area contributed by atoms with Gasteiger partial charge in [0.1, 0.15) is 5.65 Å². The van der Waals surface area contributed by atoms with E-state index >= 15 is 0 Å². The van der Waals surface area contributed by atoms with Crippen molar-refractivity contribution in [2.45, 2.75) is 6.92 Å². The Kier molecular flexibility index (Phi) is 5.01. The molecular weight excluding hydrogens is 388 g/mol. The molecule has 0 aliphatic rings. The maximum atomic E-state index is 12.5. The number of benzene rings is 2. The van der Waals surface area contributed by atoms with Crippen molar-refractivity contribution in [3.05, 3.63) is 77.4 Å². The summed E-state index contributed by atoms with van der Waals surface area (Å²) in [5, 5.41) is 6.84. The van der Waals surface area contributed by atoms with Crippen LogP contribution in [0.25, 0.3) is 22.3 Å². The number of hydrogen-bond acceptors (Lipinski definition) is 3. The first kappa shape index (κ1) is 18.7. The highest BCUT2D eigenvalue weighted by atomic mass is 35.5. The Morgan fingerprint density at radius 1 is 0.966 bits per heavy atom. The average molecular weight is 405 g/mol. The summed E-state index contributed by atoms with van der Waals surface area (Å²) in [5.41, 5.74) is 4.15. The Morgan fingerprint density at radius 2 is 1.79 bits per heavy atom. The van der Waals surface area contributed by atoms with Crippen molar-refractivity contribution in [1.29, 1.82) is 0 Å². The number of amides is 2. The van der Waals surface area contributed by atoms with E-state index in [1.165, 1.54) is 6.92 Å². The van der Waals surface area contributed by atoms with E-state index in [0.29, 0.717) is 27.6 Å². The molecule has 4 rings (SSSR count). The number of carbonyl (C=O) groups excluding carboxylic acids is 2. The van der Waals surface area contributed by atoms with Crippen molar-refractivity contribution >= 4 is 45.8 Å². The first-order valence-corrected chi connectivity index (χ1v) is 9.30. The molecule has 0 radical (unpaired) electrons. The van der Waals surface area contributed by atoms with Gasteiger partial charge in [0.15, 0.2) is 0 Å². The molecule has 0 spiro atoms. The van der Waals surface area contributed by atoms with Crippen LogP contribution in [0.2, 0.25) is 5.02 Å². The number of halogens is 1. The molecule has 0 saturated carbocycles. The topological polar surface area (TPSA) is 86.9 Å². The zero-order chi connectivity index (χ0) is 20.4. The van der Waals surface area contributed by atoms with Gasteiger partial charge in [0.25, 0.3) is 5.91 Å². The molecule has 0 unspecified atom stereocenters. The number of pyridine rings is 1. The lowest BCUT2D eigenvalue weighted by Crippen LogP contribution is -2.12. The first-order valence-electron chi connectivity index (χ1n) is 8.92. The lowest BCUT2D eigenvalue weighted by atomic mass is 10.1. The number of aromatic nitrogens is 2. The van der Waals surface area contributed by atoms with Gasteiger partial charge in [-0.1, -0.05) is 35.9 Å². The maximum Gasteiger partial charge on any atom is 0.257 e. The van der Waals surface area contributed by atoms with Gasteiger partial charge in [-0.15, -0.1) is 0 Å². The van der Waals surface area contributed by atoms with E-state index in [4.69, 9.17) is 11.6 Å². The zero-order valence-corrected chi connectivity index (χ0v) is 16.2. The number of nitrogens with one attached hydrogen (secondary N) is 3. The molecule has 2 heterocycles. The monoisotopic (exact) mass is 404 g/mol. The van der Waals surface area contributed by atoms with Gasteiger partial charge < -0.3 is 15.6 Å². The van der Waals surface area contributed by atoms with Gasteiger partial charge in [-0.05, 0) is 36.4 Å². The van der Waals surface area contributed by atoms with E-state index in [-0.39, 0.29) is 11.8 Å². The summed E-state index contributed by atoms with van der Waals surface area (Å²) >= 11 is 6.09. The number of H-pyrrole nitrogens is 1. The van der Waals surface area contributed by atoms with Crippen LogP contribution in [-0.2, 0) is 4.79 Å². The minimum atomic E-state index is -0.296. The molecular formula is C22H17ClN4O2. The molecule has 29 heavy (non-hydrogen) atoms. The van der Waals surface area contributed by atoms with Crippen LogP contribution >= 0.6 is 11.6 Å². The Hall–Kier alpha value is -3.64.